The van der Waals surface area contributed by atoms with E-state index >= 15 is 0 Å². The van der Waals surface area contributed by atoms with Gasteiger partial charge in [-0.2, -0.15) is 0 Å². The Kier molecular flexibility index (Phi) is 6.27. The van der Waals surface area contributed by atoms with Crippen LogP contribution in [0.15, 0.2) is 0 Å². The molecule has 7 nitrogen and oxygen atoms in total. The van der Waals surface area contributed by atoms with Gasteiger partial charge in [0.1, 0.15) is 6.04 Å². The largest absolute Gasteiger partial charge is 0.480 e. The second-order valence-corrected chi connectivity index (χ2v) is 5.10. The summed E-state index contributed by atoms with van der Waals surface area (Å²) in [5, 5.41) is 14.3. The molecule has 0 spiro atoms. The first kappa shape index (κ1) is 16.3. The lowest BCUT2D eigenvalue weighted by Gasteiger charge is -2.37. The Morgan fingerprint density at radius 3 is 2.60 bits per heavy atom. The molecule has 3 N–H and O–H groups in total. The van der Waals surface area contributed by atoms with E-state index in [0.29, 0.717) is 13.1 Å². The number of amides is 3. The van der Waals surface area contributed by atoms with E-state index in [0.717, 1.165) is 19.3 Å². The summed E-state index contributed by atoms with van der Waals surface area (Å²) >= 11 is 0. The number of likely N-dealkylation sites (tertiary alicyclic amines) is 1. The first-order valence-corrected chi connectivity index (χ1v) is 7.01. The van der Waals surface area contributed by atoms with E-state index in [1.165, 1.54) is 4.90 Å². The highest BCUT2D eigenvalue weighted by Crippen LogP contribution is 2.23. The number of urea groups is 1. The smallest absolute Gasteiger partial charge is 0.326 e. The van der Waals surface area contributed by atoms with Gasteiger partial charge in [0, 0.05) is 13.1 Å². The predicted molar refractivity (Wildman–Crippen MR) is 73.2 cm³/mol. The standard InChI is InChI=1S/C13H23N3O4/c1-3-6-14-10(17)8-15-13(20)16-7-4-5-9(2)11(16)12(18)19/h9,11H,3-8H2,1-2H3,(H,14,17)(H,15,20)(H,18,19). The molecule has 0 aromatic heterocycles. The molecule has 7 heteroatoms. The van der Waals surface area contributed by atoms with Crippen LogP contribution in [0.25, 0.3) is 0 Å². The van der Waals surface area contributed by atoms with Crippen LogP contribution in [0.5, 0.6) is 0 Å². The minimum absolute atomic E-state index is 0.0825. The molecular formula is C13H23N3O4. The number of carbonyl (C=O) groups is 3. The van der Waals surface area contributed by atoms with Gasteiger partial charge in [0.25, 0.3) is 0 Å². The fourth-order valence-electron chi connectivity index (χ4n) is 2.38. The fourth-order valence-corrected chi connectivity index (χ4v) is 2.38. The highest BCUT2D eigenvalue weighted by molar-refractivity contribution is 5.86. The lowest BCUT2D eigenvalue weighted by molar-refractivity contribution is -0.145. The molecule has 0 bridgehead atoms. The van der Waals surface area contributed by atoms with Crippen molar-refractivity contribution in [2.75, 3.05) is 19.6 Å². The number of aliphatic carboxylic acids is 1. The van der Waals surface area contributed by atoms with E-state index in [-0.39, 0.29) is 18.4 Å². The molecule has 1 saturated heterocycles. The van der Waals surface area contributed by atoms with Crippen molar-refractivity contribution >= 4 is 17.9 Å². The normalized spacial score (nSPS) is 22.2. The van der Waals surface area contributed by atoms with Gasteiger partial charge in [-0.1, -0.05) is 13.8 Å². The molecule has 0 saturated carbocycles. The summed E-state index contributed by atoms with van der Waals surface area (Å²) in [6.07, 6.45) is 2.39. The van der Waals surface area contributed by atoms with Gasteiger partial charge in [0.05, 0.1) is 6.54 Å². The summed E-state index contributed by atoms with van der Waals surface area (Å²) in [4.78, 5) is 36.0. The lowest BCUT2D eigenvalue weighted by atomic mass is 9.91. The zero-order valence-corrected chi connectivity index (χ0v) is 12.0. The Labute approximate surface area is 118 Å². The highest BCUT2D eigenvalue weighted by Gasteiger charge is 2.37. The minimum Gasteiger partial charge on any atom is -0.480 e. The number of hydrogen-bond donors (Lipinski definition) is 3. The minimum atomic E-state index is -0.997. The molecule has 1 fully saturated rings. The number of nitrogens with one attached hydrogen (secondary N) is 2. The van der Waals surface area contributed by atoms with Crippen molar-refractivity contribution in [3.63, 3.8) is 0 Å². The second kappa shape index (κ2) is 7.72. The maximum atomic E-state index is 12.0. The van der Waals surface area contributed by atoms with Crippen LogP contribution in [0, 0.1) is 5.92 Å². The summed E-state index contributed by atoms with van der Waals surface area (Å²) in [6.45, 7) is 4.60. The van der Waals surface area contributed by atoms with E-state index in [1.54, 1.807) is 0 Å². The van der Waals surface area contributed by atoms with Crippen LogP contribution in [0.3, 0.4) is 0 Å². The SMILES string of the molecule is CCCNC(=O)CNC(=O)N1CCCC(C)C1C(=O)O. The van der Waals surface area contributed by atoms with Crippen LogP contribution in [0.2, 0.25) is 0 Å². The fraction of sp³-hybridized carbons (Fsp3) is 0.769. The Morgan fingerprint density at radius 1 is 1.30 bits per heavy atom. The average molecular weight is 285 g/mol. The summed E-state index contributed by atoms with van der Waals surface area (Å²) in [5.41, 5.74) is 0. The molecule has 1 aliphatic heterocycles. The molecule has 3 amide bonds. The van der Waals surface area contributed by atoms with Gasteiger partial charge in [0.2, 0.25) is 5.91 Å². The average Bonchev–Trinajstić information content (AvgIpc) is 2.41. The van der Waals surface area contributed by atoms with Gasteiger partial charge in [-0.3, -0.25) is 4.79 Å². The van der Waals surface area contributed by atoms with Crippen molar-refractivity contribution in [1.82, 2.24) is 15.5 Å². The first-order chi connectivity index (χ1) is 9.47. The van der Waals surface area contributed by atoms with Crippen molar-refractivity contribution in [3.05, 3.63) is 0 Å². The summed E-state index contributed by atoms with van der Waals surface area (Å²) < 4.78 is 0. The van der Waals surface area contributed by atoms with Crippen LogP contribution in [-0.2, 0) is 9.59 Å². The van der Waals surface area contributed by atoms with E-state index in [2.05, 4.69) is 10.6 Å². The maximum Gasteiger partial charge on any atom is 0.326 e. The number of nitrogens with zero attached hydrogens (tertiary/aromatic N) is 1. The monoisotopic (exact) mass is 285 g/mol. The van der Waals surface area contributed by atoms with Gasteiger partial charge in [-0.25, -0.2) is 9.59 Å². The van der Waals surface area contributed by atoms with Crippen molar-refractivity contribution < 1.29 is 19.5 Å². The van der Waals surface area contributed by atoms with Crippen molar-refractivity contribution in [3.8, 4) is 0 Å². The topological polar surface area (TPSA) is 98.7 Å². The van der Waals surface area contributed by atoms with Crippen LogP contribution >= 0.6 is 0 Å². The number of hydrogen-bond acceptors (Lipinski definition) is 3. The quantitative estimate of drug-likeness (QED) is 0.681. The molecule has 114 valence electrons. The Bertz CT molecular complexity index is 373. The van der Waals surface area contributed by atoms with E-state index in [4.69, 9.17) is 0 Å². The molecule has 0 aliphatic carbocycles. The van der Waals surface area contributed by atoms with E-state index in [1.807, 2.05) is 13.8 Å². The number of rotatable bonds is 5. The van der Waals surface area contributed by atoms with Gasteiger partial charge < -0.3 is 20.6 Å². The van der Waals surface area contributed by atoms with Gasteiger partial charge in [0.15, 0.2) is 0 Å². The summed E-state index contributed by atoms with van der Waals surface area (Å²) in [6, 6.07) is -1.31. The van der Waals surface area contributed by atoms with Crippen LogP contribution in [0.1, 0.15) is 33.1 Å². The lowest BCUT2D eigenvalue weighted by Crippen LogP contribution is -2.56. The summed E-state index contributed by atoms with van der Waals surface area (Å²) in [5.74, 6) is -1.35. The number of carboxylic acids is 1. The Hall–Kier alpha value is -1.79. The molecule has 1 heterocycles. The zero-order chi connectivity index (χ0) is 15.1. The molecule has 1 rings (SSSR count). The molecule has 0 aromatic rings. The van der Waals surface area contributed by atoms with Crippen LogP contribution in [0.4, 0.5) is 4.79 Å². The molecule has 20 heavy (non-hydrogen) atoms. The molecule has 2 unspecified atom stereocenters. The third kappa shape index (κ3) is 4.40. The van der Waals surface area contributed by atoms with Crippen molar-refractivity contribution in [2.45, 2.75) is 39.2 Å². The van der Waals surface area contributed by atoms with E-state index in [9.17, 15) is 19.5 Å². The Balaban J connectivity index is 2.52. The van der Waals surface area contributed by atoms with Crippen molar-refractivity contribution in [2.24, 2.45) is 5.92 Å². The number of piperidine rings is 1. The van der Waals surface area contributed by atoms with Gasteiger partial charge in [-0.15, -0.1) is 0 Å². The molecular weight excluding hydrogens is 262 g/mol. The van der Waals surface area contributed by atoms with Gasteiger partial charge >= 0.3 is 12.0 Å². The molecule has 2 atom stereocenters. The zero-order valence-electron chi connectivity index (χ0n) is 12.0. The Morgan fingerprint density at radius 2 is 2.00 bits per heavy atom. The third-order valence-electron chi connectivity index (χ3n) is 3.42. The second-order valence-electron chi connectivity index (χ2n) is 5.10. The molecule has 1 aliphatic rings. The van der Waals surface area contributed by atoms with E-state index < -0.39 is 18.0 Å². The maximum absolute atomic E-state index is 12.0. The molecule has 0 aromatic carbocycles. The number of carboxylic acid groups (broad SMARTS) is 1. The first-order valence-electron chi connectivity index (χ1n) is 7.01. The van der Waals surface area contributed by atoms with Crippen molar-refractivity contribution in [1.29, 1.82) is 0 Å². The van der Waals surface area contributed by atoms with Crippen LogP contribution < -0.4 is 10.6 Å². The predicted octanol–water partition coefficient (Wildman–Crippen LogP) is 0.407. The molecule has 0 radical (unpaired) electrons. The van der Waals surface area contributed by atoms with Gasteiger partial charge in [-0.05, 0) is 25.2 Å². The number of carbonyl (C=O) groups excluding carboxylic acids is 2. The third-order valence-corrected chi connectivity index (χ3v) is 3.42. The van der Waals surface area contributed by atoms with Crippen LogP contribution in [-0.4, -0.2) is 53.6 Å². The highest BCUT2D eigenvalue weighted by atomic mass is 16.4. The summed E-state index contributed by atoms with van der Waals surface area (Å²) in [7, 11) is 0.